The second-order valence-corrected chi connectivity index (χ2v) is 4.62. The molecule has 0 unspecified atom stereocenters. The monoisotopic (exact) mass is 342 g/mol. The first-order valence-electron chi connectivity index (χ1n) is 7.12. The fourth-order valence-corrected chi connectivity index (χ4v) is 2.39. The molecule has 0 radical (unpaired) electrons. The first kappa shape index (κ1) is 18.9. The van der Waals surface area contributed by atoms with Crippen molar-refractivity contribution in [2.24, 2.45) is 0 Å². The van der Waals surface area contributed by atoms with Crippen LogP contribution in [0.2, 0.25) is 0 Å². The Kier molecular flexibility index (Phi) is 6.50. The number of fused-ring (bicyclic) bond motifs is 1. The van der Waals surface area contributed by atoms with Crippen molar-refractivity contribution < 1.29 is 14.2 Å². The molecule has 23 heavy (non-hydrogen) atoms. The standard InChI is InChI=1S/C15H22N4O3.ClH/c1-6-19(7-2)15-17-11-9(14(16)18-15)8-10(20-3)12(21-4)13(11)22-5;/h8H,6-7H2,1-5H3,(H2,16,17,18);1H. The highest BCUT2D eigenvalue weighted by molar-refractivity contribution is 5.96. The SMILES string of the molecule is CCN(CC)c1nc(N)c2cc(OC)c(OC)c(OC)c2n1.Cl. The third kappa shape index (κ3) is 3.29. The lowest BCUT2D eigenvalue weighted by Gasteiger charge is -2.20. The molecule has 0 bridgehead atoms. The summed E-state index contributed by atoms with van der Waals surface area (Å²) in [5.74, 6) is 2.45. The smallest absolute Gasteiger partial charge is 0.227 e. The molecule has 128 valence electrons. The Bertz CT molecular complexity index is 678. The molecule has 1 aromatic heterocycles. The van der Waals surface area contributed by atoms with Crippen molar-refractivity contribution in [3.05, 3.63) is 6.07 Å². The maximum atomic E-state index is 6.11. The van der Waals surface area contributed by atoms with Crippen LogP contribution in [0.3, 0.4) is 0 Å². The van der Waals surface area contributed by atoms with Gasteiger partial charge in [-0.25, -0.2) is 4.98 Å². The molecule has 1 heterocycles. The van der Waals surface area contributed by atoms with Crippen LogP contribution in [0.1, 0.15) is 13.8 Å². The van der Waals surface area contributed by atoms with Crippen molar-refractivity contribution in [1.82, 2.24) is 9.97 Å². The van der Waals surface area contributed by atoms with Gasteiger partial charge in [0.15, 0.2) is 11.5 Å². The van der Waals surface area contributed by atoms with Gasteiger partial charge in [0.2, 0.25) is 11.7 Å². The first-order valence-corrected chi connectivity index (χ1v) is 7.12. The van der Waals surface area contributed by atoms with Gasteiger partial charge in [0.1, 0.15) is 11.3 Å². The normalized spacial score (nSPS) is 10.1. The van der Waals surface area contributed by atoms with E-state index in [0.29, 0.717) is 39.9 Å². The number of nitrogens with two attached hydrogens (primary N) is 1. The number of hydrogen-bond donors (Lipinski definition) is 1. The number of anilines is 2. The summed E-state index contributed by atoms with van der Waals surface area (Å²) in [6.07, 6.45) is 0. The number of halogens is 1. The van der Waals surface area contributed by atoms with E-state index in [1.54, 1.807) is 27.4 Å². The van der Waals surface area contributed by atoms with Crippen molar-refractivity contribution in [3.63, 3.8) is 0 Å². The van der Waals surface area contributed by atoms with Crippen molar-refractivity contribution in [1.29, 1.82) is 0 Å². The maximum absolute atomic E-state index is 6.11. The fourth-order valence-electron chi connectivity index (χ4n) is 2.39. The number of methoxy groups -OCH3 is 3. The van der Waals surface area contributed by atoms with Crippen LogP contribution in [0.25, 0.3) is 10.9 Å². The Morgan fingerprint density at radius 1 is 1.00 bits per heavy atom. The molecule has 2 rings (SSSR count). The number of aromatic nitrogens is 2. The van der Waals surface area contributed by atoms with Gasteiger partial charge in [0, 0.05) is 13.1 Å². The van der Waals surface area contributed by atoms with E-state index in [1.807, 2.05) is 18.7 Å². The molecular formula is C15H23ClN4O3. The molecule has 0 aliphatic rings. The predicted molar refractivity (Wildman–Crippen MR) is 94.4 cm³/mol. The highest BCUT2D eigenvalue weighted by atomic mass is 35.5. The Labute approximate surface area is 142 Å². The quantitative estimate of drug-likeness (QED) is 0.863. The van der Waals surface area contributed by atoms with Gasteiger partial charge in [-0.05, 0) is 19.9 Å². The van der Waals surface area contributed by atoms with Crippen LogP contribution < -0.4 is 24.8 Å². The molecule has 0 amide bonds. The van der Waals surface area contributed by atoms with Crippen LogP contribution in [-0.4, -0.2) is 44.4 Å². The number of hydrogen-bond acceptors (Lipinski definition) is 7. The topological polar surface area (TPSA) is 82.7 Å². The lowest BCUT2D eigenvalue weighted by atomic mass is 10.2. The van der Waals surface area contributed by atoms with Gasteiger partial charge in [0.05, 0.1) is 26.7 Å². The molecule has 2 aromatic rings. The summed E-state index contributed by atoms with van der Waals surface area (Å²) in [5, 5.41) is 0.672. The lowest BCUT2D eigenvalue weighted by molar-refractivity contribution is 0.327. The van der Waals surface area contributed by atoms with E-state index in [9.17, 15) is 0 Å². The van der Waals surface area contributed by atoms with E-state index < -0.39 is 0 Å². The number of benzene rings is 1. The van der Waals surface area contributed by atoms with Gasteiger partial charge in [-0.2, -0.15) is 4.98 Å². The van der Waals surface area contributed by atoms with E-state index in [4.69, 9.17) is 19.9 Å². The summed E-state index contributed by atoms with van der Waals surface area (Å²) < 4.78 is 16.2. The first-order chi connectivity index (χ1) is 10.6. The summed E-state index contributed by atoms with van der Waals surface area (Å²) in [7, 11) is 4.68. The van der Waals surface area contributed by atoms with Gasteiger partial charge in [0.25, 0.3) is 0 Å². The number of nitrogens with zero attached hydrogens (tertiary/aromatic N) is 3. The van der Waals surface area contributed by atoms with E-state index in [1.165, 1.54) is 0 Å². The molecule has 0 atom stereocenters. The van der Waals surface area contributed by atoms with Crippen LogP contribution in [0.4, 0.5) is 11.8 Å². The largest absolute Gasteiger partial charge is 0.493 e. The van der Waals surface area contributed by atoms with Gasteiger partial charge in [-0.15, -0.1) is 12.4 Å². The average molecular weight is 343 g/mol. The molecule has 8 heteroatoms. The highest BCUT2D eigenvalue weighted by Crippen LogP contribution is 2.44. The van der Waals surface area contributed by atoms with Crippen LogP contribution in [-0.2, 0) is 0 Å². The van der Waals surface area contributed by atoms with Crippen LogP contribution in [0, 0.1) is 0 Å². The highest BCUT2D eigenvalue weighted by Gasteiger charge is 2.20. The summed E-state index contributed by atoms with van der Waals surface area (Å²) in [6.45, 7) is 5.66. The molecule has 0 fully saturated rings. The molecular weight excluding hydrogens is 320 g/mol. The molecule has 2 N–H and O–H groups in total. The predicted octanol–water partition coefficient (Wildman–Crippen LogP) is 2.51. The minimum absolute atomic E-state index is 0. The number of nitrogen functional groups attached to an aromatic ring is 1. The Morgan fingerprint density at radius 2 is 1.61 bits per heavy atom. The van der Waals surface area contributed by atoms with Gasteiger partial charge in [-0.3, -0.25) is 0 Å². The second kappa shape index (κ2) is 7.92. The molecule has 0 spiro atoms. The fraction of sp³-hybridized carbons (Fsp3) is 0.467. The third-order valence-corrected chi connectivity index (χ3v) is 3.56. The zero-order chi connectivity index (χ0) is 16.3. The van der Waals surface area contributed by atoms with E-state index in [0.717, 1.165) is 13.1 Å². The van der Waals surface area contributed by atoms with Crippen molar-refractivity contribution in [2.75, 3.05) is 45.1 Å². The van der Waals surface area contributed by atoms with Crippen LogP contribution in [0.15, 0.2) is 6.07 Å². The molecule has 0 saturated carbocycles. The van der Waals surface area contributed by atoms with Gasteiger partial charge in [-0.1, -0.05) is 0 Å². The second-order valence-electron chi connectivity index (χ2n) is 4.62. The Balaban J connectivity index is 0.00000264. The van der Waals surface area contributed by atoms with Crippen molar-refractivity contribution in [2.45, 2.75) is 13.8 Å². The van der Waals surface area contributed by atoms with Crippen molar-refractivity contribution in [3.8, 4) is 17.2 Å². The minimum atomic E-state index is 0. The zero-order valence-corrected chi connectivity index (χ0v) is 14.9. The van der Waals surface area contributed by atoms with Gasteiger partial charge >= 0.3 is 0 Å². The number of ether oxygens (including phenoxy) is 3. The zero-order valence-electron chi connectivity index (χ0n) is 14.0. The average Bonchev–Trinajstić information content (AvgIpc) is 2.54. The Morgan fingerprint density at radius 3 is 2.09 bits per heavy atom. The molecule has 0 aliphatic heterocycles. The molecule has 0 aliphatic carbocycles. The van der Waals surface area contributed by atoms with Crippen LogP contribution in [0.5, 0.6) is 17.2 Å². The molecule has 7 nitrogen and oxygen atoms in total. The van der Waals surface area contributed by atoms with Gasteiger partial charge < -0.3 is 24.8 Å². The maximum Gasteiger partial charge on any atom is 0.227 e. The number of rotatable bonds is 6. The summed E-state index contributed by atoms with van der Waals surface area (Å²) in [5.41, 5.74) is 6.72. The summed E-state index contributed by atoms with van der Waals surface area (Å²) >= 11 is 0. The van der Waals surface area contributed by atoms with Crippen LogP contribution >= 0.6 is 12.4 Å². The lowest BCUT2D eigenvalue weighted by Crippen LogP contribution is -2.24. The van der Waals surface area contributed by atoms with E-state index >= 15 is 0 Å². The van der Waals surface area contributed by atoms with E-state index in [-0.39, 0.29) is 12.4 Å². The molecule has 1 aromatic carbocycles. The van der Waals surface area contributed by atoms with Crippen molar-refractivity contribution >= 4 is 35.1 Å². The minimum Gasteiger partial charge on any atom is -0.493 e. The summed E-state index contributed by atoms with van der Waals surface area (Å²) in [4.78, 5) is 11.0. The summed E-state index contributed by atoms with van der Waals surface area (Å²) in [6, 6.07) is 1.76. The molecule has 0 saturated heterocycles. The Hall–Kier alpha value is -2.15. The third-order valence-electron chi connectivity index (χ3n) is 3.56. The van der Waals surface area contributed by atoms with E-state index in [2.05, 4.69) is 9.97 Å².